The van der Waals surface area contributed by atoms with Gasteiger partial charge in [-0.05, 0) is 29.8 Å². The summed E-state index contributed by atoms with van der Waals surface area (Å²) in [4.78, 5) is 28.9. The Balaban J connectivity index is 1.73. The van der Waals surface area contributed by atoms with E-state index in [4.69, 9.17) is 11.6 Å². The number of amides is 1. The molecule has 0 atom stereocenters. The zero-order valence-corrected chi connectivity index (χ0v) is 15.0. The van der Waals surface area contributed by atoms with Gasteiger partial charge >= 0.3 is 0 Å². The predicted octanol–water partition coefficient (Wildman–Crippen LogP) is 4.13. The highest BCUT2D eigenvalue weighted by atomic mass is 35.5. The van der Waals surface area contributed by atoms with Crippen LogP contribution < -0.4 is 0 Å². The molecule has 1 aliphatic rings. The Hall–Kier alpha value is -2.45. The molecular formula is C17H13ClFN3O3S. The van der Waals surface area contributed by atoms with Crippen LogP contribution in [0.25, 0.3) is 0 Å². The van der Waals surface area contributed by atoms with Gasteiger partial charge in [-0.3, -0.25) is 24.8 Å². The van der Waals surface area contributed by atoms with E-state index >= 15 is 0 Å². The van der Waals surface area contributed by atoms with Gasteiger partial charge in [-0.25, -0.2) is 4.39 Å². The molecule has 9 heteroatoms. The third-order valence-corrected chi connectivity index (χ3v) is 5.12. The first-order valence-corrected chi connectivity index (χ1v) is 8.99. The lowest BCUT2D eigenvalue weighted by Gasteiger charge is -2.18. The fourth-order valence-electron chi connectivity index (χ4n) is 2.41. The minimum absolute atomic E-state index is 0.0208. The summed E-state index contributed by atoms with van der Waals surface area (Å²) in [5.74, 6) is -0.144. The second kappa shape index (κ2) is 7.84. The number of carbonyl (C=O) groups is 1. The van der Waals surface area contributed by atoms with Gasteiger partial charge in [0.2, 0.25) is 0 Å². The Kier molecular flexibility index (Phi) is 5.53. The molecule has 0 spiro atoms. The van der Waals surface area contributed by atoms with Crippen LogP contribution in [0.1, 0.15) is 15.9 Å². The second-order valence-electron chi connectivity index (χ2n) is 5.46. The monoisotopic (exact) mass is 393 g/mol. The standard InChI is InChI=1S/C17H13ClFN3O3S/c18-14-6-3-12(9-15(14)22(24)25)16(23)21-8-7-20-17(21)26-10-11-1-4-13(19)5-2-11/h1-6,9H,7-8,10H2. The number of hydrogen-bond acceptors (Lipinski definition) is 5. The van der Waals surface area contributed by atoms with Gasteiger partial charge in [0.15, 0.2) is 5.17 Å². The molecule has 0 aromatic heterocycles. The van der Waals surface area contributed by atoms with Crippen molar-refractivity contribution >= 4 is 40.1 Å². The zero-order chi connectivity index (χ0) is 18.7. The van der Waals surface area contributed by atoms with Crippen molar-refractivity contribution in [2.45, 2.75) is 5.75 Å². The smallest absolute Gasteiger partial charge is 0.286 e. The Bertz CT molecular complexity index is 889. The minimum atomic E-state index is -0.624. The van der Waals surface area contributed by atoms with Crippen molar-refractivity contribution in [3.63, 3.8) is 0 Å². The summed E-state index contributed by atoms with van der Waals surface area (Å²) in [5, 5.41) is 11.5. The van der Waals surface area contributed by atoms with Crippen molar-refractivity contribution in [3.8, 4) is 0 Å². The van der Waals surface area contributed by atoms with Crippen LogP contribution in [-0.4, -0.2) is 34.0 Å². The highest BCUT2D eigenvalue weighted by Crippen LogP contribution is 2.27. The summed E-state index contributed by atoms with van der Waals surface area (Å²) in [6.07, 6.45) is 0. The van der Waals surface area contributed by atoms with Crippen LogP contribution in [0.4, 0.5) is 10.1 Å². The number of benzene rings is 2. The summed E-state index contributed by atoms with van der Waals surface area (Å²) in [6, 6.07) is 10.1. The van der Waals surface area contributed by atoms with E-state index in [1.54, 1.807) is 12.1 Å². The van der Waals surface area contributed by atoms with E-state index in [2.05, 4.69) is 4.99 Å². The maximum atomic E-state index is 13.0. The quantitative estimate of drug-likeness (QED) is 0.578. The summed E-state index contributed by atoms with van der Waals surface area (Å²) < 4.78 is 13.0. The Morgan fingerprint density at radius 3 is 2.73 bits per heavy atom. The average molecular weight is 394 g/mol. The summed E-state index contributed by atoms with van der Waals surface area (Å²) in [6.45, 7) is 0.869. The number of hydrogen-bond donors (Lipinski definition) is 0. The molecule has 3 rings (SSSR count). The van der Waals surface area contributed by atoms with Crippen molar-refractivity contribution in [2.24, 2.45) is 4.99 Å². The van der Waals surface area contributed by atoms with E-state index in [-0.39, 0.29) is 28.0 Å². The molecule has 1 aliphatic heterocycles. The Morgan fingerprint density at radius 1 is 1.31 bits per heavy atom. The Labute approximate surface area is 157 Å². The number of nitro groups is 1. The first kappa shape index (κ1) is 18.3. The van der Waals surface area contributed by atoms with Crippen LogP contribution in [0.3, 0.4) is 0 Å². The fourth-order valence-corrected chi connectivity index (χ4v) is 3.60. The van der Waals surface area contributed by atoms with Gasteiger partial charge in [-0.2, -0.15) is 0 Å². The van der Waals surface area contributed by atoms with E-state index < -0.39 is 4.92 Å². The molecule has 134 valence electrons. The highest BCUT2D eigenvalue weighted by molar-refractivity contribution is 8.13. The summed E-state index contributed by atoms with van der Waals surface area (Å²) >= 11 is 7.15. The maximum Gasteiger partial charge on any atom is 0.288 e. The van der Waals surface area contributed by atoms with E-state index in [1.807, 2.05) is 0 Å². The van der Waals surface area contributed by atoms with E-state index in [0.29, 0.717) is 24.0 Å². The number of nitro benzene ring substituents is 1. The topological polar surface area (TPSA) is 75.8 Å². The largest absolute Gasteiger partial charge is 0.288 e. The molecular weight excluding hydrogens is 381 g/mol. The lowest BCUT2D eigenvalue weighted by molar-refractivity contribution is -0.384. The van der Waals surface area contributed by atoms with Crippen LogP contribution in [0, 0.1) is 15.9 Å². The fraction of sp³-hybridized carbons (Fsp3) is 0.176. The molecule has 0 saturated heterocycles. The van der Waals surface area contributed by atoms with Gasteiger partial charge in [0, 0.05) is 23.9 Å². The Morgan fingerprint density at radius 2 is 2.04 bits per heavy atom. The van der Waals surface area contributed by atoms with E-state index in [0.717, 1.165) is 5.56 Å². The molecule has 26 heavy (non-hydrogen) atoms. The molecule has 0 aliphatic carbocycles. The third kappa shape index (κ3) is 4.03. The molecule has 0 unspecified atom stereocenters. The van der Waals surface area contributed by atoms with Crippen LogP contribution in [0.2, 0.25) is 5.02 Å². The molecule has 0 fully saturated rings. The number of carbonyl (C=O) groups excluding carboxylic acids is 1. The van der Waals surface area contributed by atoms with Crippen molar-refractivity contribution in [1.82, 2.24) is 4.90 Å². The van der Waals surface area contributed by atoms with Crippen LogP contribution in [0.5, 0.6) is 0 Å². The predicted molar refractivity (Wildman–Crippen MR) is 99.1 cm³/mol. The lowest BCUT2D eigenvalue weighted by Crippen LogP contribution is -2.32. The number of thioether (sulfide) groups is 1. The van der Waals surface area contributed by atoms with Crippen molar-refractivity contribution in [3.05, 3.63) is 74.5 Å². The molecule has 0 bridgehead atoms. The number of nitrogens with zero attached hydrogens (tertiary/aromatic N) is 3. The molecule has 0 N–H and O–H groups in total. The van der Waals surface area contributed by atoms with Crippen molar-refractivity contribution in [2.75, 3.05) is 13.1 Å². The van der Waals surface area contributed by atoms with Crippen molar-refractivity contribution < 1.29 is 14.1 Å². The minimum Gasteiger partial charge on any atom is -0.286 e. The SMILES string of the molecule is O=C(c1ccc(Cl)c([N+](=O)[O-])c1)N1CCN=C1SCc1ccc(F)cc1. The van der Waals surface area contributed by atoms with Crippen LogP contribution in [0.15, 0.2) is 47.5 Å². The first-order valence-electron chi connectivity index (χ1n) is 7.63. The molecule has 2 aromatic rings. The number of halogens is 2. The molecule has 1 heterocycles. The van der Waals surface area contributed by atoms with Gasteiger partial charge < -0.3 is 0 Å². The average Bonchev–Trinajstić information content (AvgIpc) is 3.09. The van der Waals surface area contributed by atoms with Gasteiger partial charge in [0.1, 0.15) is 10.8 Å². The lowest BCUT2D eigenvalue weighted by atomic mass is 10.2. The van der Waals surface area contributed by atoms with Gasteiger partial charge in [-0.15, -0.1) is 0 Å². The number of rotatable bonds is 4. The zero-order valence-electron chi connectivity index (χ0n) is 13.4. The van der Waals surface area contributed by atoms with Crippen LogP contribution in [-0.2, 0) is 5.75 Å². The number of aliphatic imine (C=N–C) groups is 1. The molecule has 1 amide bonds. The third-order valence-electron chi connectivity index (χ3n) is 3.72. The van der Waals surface area contributed by atoms with Gasteiger partial charge in [-0.1, -0.05) is 35.5 Å². The molecule has 6 nitrogen and oxygen atoms in total. The van der Waals surface area contributed by atoms with Gasteiger partial charge in [0.25, 0.3) is 11.6 Å². The van der Waals surface area contributed by atoms with Crippen molar-refractivity contribution in [1.29, 1.82) is 0 Å². The normalized spacial score (nSPS) is 13.6. The maximum absolute atomic E-state index is 13.0. The molecule has 0 radical (unpaired) electrons. The van der Waals surface area contributed by atoms with Crippen LogP contribution >= 0.6 is 23.4 Å². The summed E-state index contributed by atoms with van der Waals surface area (Å²) in [7, 11) is 0. The molecule has 0 saturated carbocycles. The van der Waals surface area contributed by atoms with E-state index in [1.165, 1.54) is 47.0 Å². The highest BCUT2D eigenvalue weighted by Gasteiger charge is 2.27. The van der Waals surface area contributed by atoms with E-state index in [9.17, 15) is 19.3 Å². The summed E-state index contributed by atoms with van der Waals surface area (Å²) in [5.41, 5.74) is 0.771. The first-order chi connectivity index (χ1) is 12.5. The van der Waals surface area contributed by atoms with Gasteiger partial charge in [0.05, 0.1) is 11.5 Å². The second-order valence-corrected chi connectivity index (χ2v) is 6.81. The molecule has 2 aromatic carbocycles. The number of amidine groups is 1.